The van der Waals surface area contributed by atoms with E-state index >= 15 is 0 Å². The zero-order valence-electron chi connectivity index (χ0n) is 21.9. The van der Waals surface area contributed by atoms with E-state index in [1.807, 2.05) is 12.1 Å². The standard InChI is InChI=1S/C29H33ClF2N2O5/c1-3-13-39-29(21-5-9-25(31)26(32)16-21)11-12-33(28(36)37)18-23(29)27(35)34(22-6-7-22)17-20-15-19(10-14-38-2)4-8-24(20)30/h3-5,8-9,15-16,22-23H,1,6-7,10-14,17-18H2,2H3,(H,36,37)/t23-,29+/m1/s1. The molecule has 1 N–H and O–H groups in total. The van der Waals surface area contributed by atoms with Gasteiger partial charge in [0.1, 0.15) is 5.60 Å². The largest absolute Gasteiger partial charge is 0.465 e. The van der Waals surface area contributed by atoms with E-state index in [9.17, 15) is 23.5 Å². The summed E-state index contributed by atoms with van der Waals surface area (Å²) in [6, 6.07) is 9.05. The topological polar surface area (TPSA) is 79.3 Å². The lowest BCUT2D eigenvalue weighted by Gasteiger charge is -2.47. The third kappa shape index (κ3) is 6.42. The van der Waals surface area contributed by atoms with Gasteiger partial charge in [-0.25, -0.2) is 13.6 Å². The van der Waals surface area contributed by atoms with Crippen LogP contribution in [0.2, 0.25) is 5.02 Å². The molecular weight excluding hydrogens is 530 g/mol. The minimum atomic E-state index is -1.39. The fourth-order valence-corrected chi connectivity index (χ4v) is 5.41. The summed E-state index contributed by atoms with van der Waals surface area (Å²) in [7, 11) is 1.63. The number of carboxylic acid groups (broad SMARTS) is 1. The fraction of sp³-hybridized carbons (Fsp3) is 0.448. The van der Waals surface area contributed by atoms with E-state index in [1.54, 1.807) is 18.1 Å². The van der Waals surface area contributed by atoms with Gasteiger partial charge in [0.05, 0.1) is 19.1 Å². The molecule has 0 radical (unpaired) electrons. The molecule has 4 rings (SSSR count). The summed E-state index contributed by atoms with van der Waals surface area (Å²) < 4.78 is 39.7. The first-order chi connectivity index (χ1) is 18.7. The molecule has 2 fully saturated rings. The lowest BCUT2D eigenvalue weighted by Crippen LogP contribution is -2.58. The minimum Gasteiger partial charge on any atom is -0.465 e. The van der Waals surface area contributed by atoms with E-state index in [-0.39, 0.29) is 50.2 Å². The van der Waals surface area contributed by atoms with E-state index in [0.29, 0.717) is 18.1 Å². The highest BCUT2D eigenvalue weighted by Gasteiger charge is 2.52. The molecule has 1 heterocycles. The number of likely N-dealkylation sites (tertiary alicyclic amines) is 1. The molecule has 210 valence electrons. The summed E-state index contributed by atoms with van der Waals surface area (Å²) in [5, 5.41) is 10.3. The van der Waals surface area contributed by atoms with Crippen LogP contribution in [0.1, 0.15) is 36.0 Å². The normalized spacial score (nSPS) is 21.0. The van der Waals surface area contributed by atoms with Gasteiger partial charge in [-0.15, -0.1) is 6.58 Å². The van der Waals surface area contributed by atoms with Gasteiger partial charge in [-0.05, 0) is 60.6 Å². The number of hydrogen-bond acceptors (Lipinski definition) is 4. The maximum Gasteiger partial charge on any atom is 0.407 e. The third-order valence-corrected chi connectivity index (χ3v) is 7.84. The highest BCUT2D eigenvalue weighted by molar-refractivity contribution is 6.31. The summed E-state index contributed by atoms with van der Waals surface area (Å²) in [6.45, 7) is 4.40. The Morgan fingerprint density at radius 2 is 2.00 bits per heavy atom. The Hall–Kier alpha value is -3.01. The van der Waals surface area contributed by atoms with Gasteiger partial charge >= 0.3 is 6.09 Å². The van der Waals surface area contributed by atoms with Gasteiger partial charge < -0.3 is 24.4 Å². The molecular formula is C29H33ClF2N2O5. The number of halogens is 3. The lowest BCUT2D eigenvalue weighted by atomic mass is 9.74. The smallest absolute Gasteiger partial charge is 0.407 e. The first kappa shape index (κ1) is 29.0. The van der Waals surface area contributed by atoms with E-state index in [2.05, 4.69) is 6.58 Å². The van der Waals surface area contributed by atoms with Crippen LogP contribution in [-0.2, 0) is 32.8 Å². The van der Waals surface area contributed by atoms with Gasteiger partial charge in [-0.2, -0.15) is 0 Å². The number of carbonyl (C=O) groups is 2. The number of methoxy groups -OCH3 is 1. The van der Waals surface area contributed by atoms with Crippen LogP contribution in [0.3, 0.4) is 0 Å². The summed E-state index contributed by atoms with van der Waals surface area (Å²) in [4.78, 5) is 29.3. The number of nitrogens with zero attached hydrogens (tertiary/aromatic N) is 2. The van der Waals surface area contributed by atoms with E-state index in [4.69, 9.17) is 21.1 Å². The summed E-state index contributed by atoms with van der Waals surface area (Å²) in [5.41, 5.74) is 0.673. The molecule has 0 aromatic heterocycles. The van der Waals surface area contributed by atoms with Crippen molar-refractivity contribution in [3.05, 3.63) is 82.4 Å². The molecule has 10 heteroatoms. The van der Waals surface area contributed by atoms with E-state index in [1.165, 1.54) is 17.0 Å². The SMILES string of the molecule is C=CCO[C@]1(c2ccc(F)c(F)c2)CCN(C(=O)O)C[C@@H]1C(=O)N(Cc1cc(CCOC)ccc1Cl)C1CC1. The van der Waals surface area contributed by atoms with Crippen LogP contribution in [0.15, 0.2) is 49.1 Å². The zero-order chi connectivity index (χ0) is 28.2. The van der Waals surface area contributed by atoms with Crippen molar-refractivity contribution in [2.45, 2.75) is 43.9 Å². The highest BCUT2D eigenvalue weighted by atomic mass is 35.5. The second kappa shape index (κ2) is 12.4. The Balaban J connectivity index is 1.74. The molecule has 0 unspecified atom stereocenters. The maximum atomic E-state index is 14.4. The highest BCUT2D eigenvalue weighted by Crippen LogP contribution is 2.44. The molecule has 2 atom stereocenters. The molecule has 2 amide bonds. The van der Waals surface area contributed by atoms with Crippen LogP contribution < -0.4 is 0 Å². The minimum absolute atomic E-state index is 0.0344. The van der Waals surface area contributed by atoms with Crippen LogP contribution in [0.5, 0.6) is 0 Å². The van der Waals surface area contributed by atoms with E-state index in [0.717, 1.165) is 36.1 Å². The van der Waals surface area contributed by atoms with Gasteiger partial charge in [0.25, 0.3) is 0 Å². The van der Waals surface area contributed by atoms with E-state index < -0.39 is 29.2 Å². The number of rotatable bonds is 11. The van der Waals surface area contributed by atoms with Crippen LogP contribution in [0, 0.1) is 17.6 Å². The Morgan fingerprint density at radius 3 is 2.64 bits per heavy atom. The van der Waals surface area contributed by atoms with Crippen molar-refractivity contribution in [2.24, 2.45) is 5.92 Å². The summed E-state index contributed by atoms with van der Waals surface area (Å²) >= 11 is 6.54. The quantitative estimate of drug-likeness (QED) is 0.371. The molecule has 1 saturated carbocycles. The van der Waals surface area contributed by atoms with Crippen molar-refractivity contribution < 1.29 is 33.0 Å². The Kier molecular flexibility index (Phi) is 9.25. The summed E-state index contributed by atoms with van der Waals surface area (Å²) in [5.74, 6) is -3.43. The lowest BCUT2D eigenvalue weighted by molar-refractivity contribution is -0.163. The second-order valence-corrected chi connectivity index (χ2v) is 10.4. The summed E-state index contributed by atoms with van der Waals surface area (Å²) in [6.07, 6.45) is 2.71. The van der Waals surface area contributed by atoms with Gasteiger partial charge in [-0.3, -0.25) is 4.79 Å². The van der Waals surface area contributed by atoms with Crippen molar-refractivity contribution >= 4 is 23.6 Å². The van der Waals surface area contributed by atoms with Gasteiger partial charge in [0.2, 0.25) is 5.91 Å². The average Bonchev–Trinajstić information content (AvgIpc) is 3.77. The monoisotopic (exact) mass is 562 g/mol. The number of ether oxygens (including phenoxy) is 2. The van der Waals surface area contributed by atoms with Crippen molar-refractivity contribution in [3.8, 4) is 0 Å². The molecule has 7 nitrogen and oxygen atoms in total. The first-order valence-electron chi connectivity index (χ1n) is 12.9. The molecule has 2 aromatic carbocycles. The average molecular weight is 563 g/mol. The number of piperidine rings is 1. The predicted molar refractivity (Wildman–Crippen MR) is 142 cm³/mol. The van der Waals surface area contributed by atoms with Crippen molar-refractivity contribution in [3.63, 3.8) is 0 Å². The first-order valence-corrected chi connectivity index (χ1v) is 13.3. The molecule has 1 saturated heterocycles. The number of hydrogen-bond donors (Lipinski definition) is 1. The second-order valence-electron chi connectivity index (χ2n) is 10.0. The molecule has 0 spiro atoms. The molecule has 1 aliphatic heterocycles. The van der Waals surface area contributed by atoms with Crippen molar-refractivity contribution in [2.75, 3.05) is 33.4 Å². The molecule has 1 aliphatic carbocycles. The zero-order valence-corrected chi connectivity index (χ0v) is 22.6. The van der Waals surface area contributed by atoms with Crippen LogP contribution in [0.4, 0.5) is 13.6 Å². The molecule has 2 aromatic rings. The van der Waals surface area contributed by atoms with Crippen LogP contribution in [-0.4, -0.2) is 66.4 Å². The number of carbonyl (C=O) groups excluding carboxylic acids is 1. The Bertz CT molecular complexity index is 1220. The van der Waals surface area contributed by atoms with Crippen molar-refractivity contribution in [1.82, 2.24) is 9.80 Å². The third-order valence-electron chi connectivity index (χ3n) is 7.47. The van der Waals surface area contributed by atoms with Crippen LogP contribution >= 0.6 is 11.6 Å². The fourth-order valence-electron chi connectivity index (χ4n) is 5.24. The maximum absolute atomic E-state index is 14.4. The number of amides is 2. The predicted octanol–water partition coefficient (Wildman–Crippen LogP) is 5.40. The molecule has 2 aliphatic rings. The van der Waals surface area contributed by atoms with Gasteiger partial charge in [-0.1, -0.05) is 35.9 Å². The Labute approximate surface area is 231 Å². The molecule has 0 bridgehead atoms. The van der Waals surface area contributed by atoms with Crippen LogP contribution in [0.25, 0.3) is 0 Å². The molecule has 39 heavy (non-hydrogen) atoms. The van der Waals surface area contributed by atoms with Gasteiger partial charge in [0, 0.05) is 37.8 Å². The number of benzene rings is 2. The Morgan fingerprint density at radius 1 is 1.23 bits per heavy atom. The van der Waals surface area contributed by atoms with Crippen molar-refractivity contribution in [1.29, 1.82) is 0 Å². The van der Waals surface area contributed by atoms with Gasteiger partial charge in [0.15, 0.2) is 11.6 Å².